The van der Waals surface area contributed by atoms with Crippen LogP contribution < -0.4 is 21.1 Å². The van der Waals surface area contributed by atoms with Crippen molar-refractivity contribution in [3.8, 4) is 0 Å². The number of nitrogens with one attached hydrogen (secondary N) is 3. The van der Waals surface area contributed by atoms with Gasteiger partial charge in [0.2, 0.25) is 11.8 Å². The molecule has 0 radical (unpaired) electrons. The second-order valence-electron chi connectivity index (χ2n) is 6.92. The molecule has 5 N–H and O–H groups in total. The summed E-state index contributed by atoms with van der Waals surface area (Å²) in [7, 11) is 0. The van der Waals surface area contributed by atoms with Gasteiger partial charge in [-0.15, -0.1) is 0 Å². The number of carbonyl (C=O) groups is 2. The van der Waals surface area contributed by atoms with E-state index >= 15 is 0 Å². The molecule has 0 aromatic heterocycles. The van der Waals surface area contributed by atoms with E-state index in [-0.39, 0.29) is 11.8 Å². The molecule has 6 nitrogen and oxygen atoms in total. The van der Waals surface area contributed by atoms with E-state index in [1.807, 2.05) is 51.1 Å². The quantitative estimate of drug-likeness (QED) is 0.463. The summed E-state index contributed by atoms with van der Waals surface area (Å²) in [6, 6.07) is 12.9. The van der Waals surface area contributed by atoms with Gasteiger partial charge < -0.3 is 21.1 Å². The van der Waals surface area contributed by atoms with Gasteiger partial charge in [0.1, 0.15) is 0 Å². The highest BCUT2D eigenvalue weighted by molar-refractivity contribution is 8.00. The molecule has 0 saturated carbocycles. The molecule has 0 bridgehead atoms. The summed E-state index contributed by atoms with van der Waals surface area (Å²) >= 11 is 1.42. The van der Waals surface area contributed by atoms with Gasteiger partial charge in [0.05, 0.1) is 11.4 Å². The maximum atomic E-state index is 12.2. The molecule has 2 aromatic rings. The molecule has 2 amide bonds. The lowest BCUT2D eigenvalue weighted by Crippen LogP contribution is -2.28. The van der Waals surface area contributed by atoms with E-state index in [1.165, 1.54) is 18.9 Å². The van der Waals surface area contributed by atoms with Gasteiger partial charge in [0, 0.05) is 28.6 Å². The maximum absolute atomic E-state index is 12.2. The highest BCUT2D eigenvalue weighted by Crippen LogP contribution is 2.29. The van der Waals surface area contributed by atoms with Crippen molar-refractivity contribution in [2.75, 3.05) is 21.1 Å². The smallest absolute Gasteiger partial charge is 0.229 e. The van der Waals surface area contributed by atoms with Crippen LogP contribution in [0.25, 0.3) is 0 Å². The van der Waals surface area contributed by atoms with Gasteiger partial charge in [0.15, 0.2) is 0 Å². The van der Waals surface area contributed by atoms with Crippen LogP contribution in [0, 0.1) is 5.41 Å². The standard InChI is InChI=1S/C19H24N4O2S/c1-12(24)21-13-5-8-15(9-6-13)26-23-14-7-10-16(20)17(11-14)22-18(25)19(2,3)4/h5-11,23H,20H2,1-4H3,(H,21,24)(H,22,25). The Kier molecular flexibility index (Phi) is 6.15. The first-order chi connectivity index (χ1) is 12.1. The van der Waals surface area contributed by atoms with Gasteiger partial charge in [0.25, 0.3) is 0 Å². The largest absolute Gasteiger partial charge is 0.397 e. The van der Waals surface area contributed by atoms with E-state index < -0.39 is 5.41 Å². The van der Waals surface area contributed by atoms with E-state index in [1.54, 1.807) is 12.1 Å². The minimum Gasteiger partial charge on any atom is -0.397 e. The first-order valence-electron chi connectivity index (χ1n) is 8.16. The molecule has 0 saturated heterocycles. The van der Waals surface area contributed by atoms with Crippen molar-refractivity contribution in [3.05, 3.63) is 42.5 Å². The minimum absolute atomic E-state index is 0.0948. The van der Waals surface area contributed by atoms with Crippen LogP contribution in [0.15, 0.2) is 47.4 Å². The number of rotatable bonds is 5. The Hall–Kier alpha value is -2.67. The monoisotopic (exact) mass is 372 g/mol. The van der Waals surface area contributed by atoms with Crippen LogP contribution in [0.4, 0.5) is 22.7 Å². The lowest BCUT2D eigenvalue weighted by molar-refractivity contribution is -0.123. The third-order valence-corrected chi connectivity index (χ3v) is 4.29. The number of nitrogen functional groups attached to an aromatic ring is 1. The minimum atomic E-state index is -0.500. The third-order valence-electron chi connectivity index (χ3n) is 3.44. The molecule has 0 aliphatic rings. The zero-order chi connectivity index (χ0) is 19.3. The second kappa shape index (κ2) is 8.14. The van der Waals surface area contributed by atoms with E-state index in [0.717, 1.165) is 16.3 Å². The molecule has 138 valence electrons. The van der Waals surface area contributed by atoms with Gasteiger partial charge in [-0.2, -0.15) is 0 Å². The van der Waals surface area contributed by atoms with Crippen molar-refractivity contribution in [1.29, 1.82) is 0 Å². The Morgan fingerprint density at radius 1 is 0.962 bits per heavy atom. The molecule has 2 aromatic carbocycles. The van der Waals surface area contributed by atoms with Gasteiger partial charge in [-0.05, 0) is 54.4 Å². The van der Waals surface area contributed by atoms with Crippen LogP contribution in [0.5, 0.6) is 0 Å². The van der Waals surface area contributed by atoms with E-state index in [4.69, 9.17) is 5.73 Å². The normalized spacial score (nSPS) is 10.9. The fourth-order valence-electron chi connectivity index (χ4n) is 1.97. The molecule has 0 atom stereocenters. The first kappa shape index (κ1) is 19.7. The first-order valence-corrected chi connectivity index (χ1v) is 8.98. The molecular formula is C19H24N4O2S. The highest BCUT2D eigenvalue weighted by atomic mass is 32.2. The fraction of sp³-hybridized carbons (Fsp3) is 0.263. The summed E-state index contributed by atoms with van der Waals surface area (Å²) in [4.78, 5) is 24.2. The van der Waals surface area contributed by atoms with E-state index in [2.05, 4.69) is 15.4 Å². The number of benzene rings is 2. The molecule has 0 aliphatic carbocycles. The molecule has 0 aliphatic heterocycles. The van der Waals surface area contributed by atoms with Crippen molar-refractivity contribution >= 4 is 46.5 Å². The Morgan fingerprint density at radius 2 is 1.58 bits per heavy atom. The molecule has 26 heavy (non-hydrogen) atoms. The molecular weight excluding hydrogens is 348 g/mol. The van der Waals surface area contributed by atoms with Gasteiger partial charge >= 0.3 is 0 Å². The Labute approximate surface area is 158 Å². The summed E-state index contributed by atoms with van der Waals surface area (Å²) in [6.07, 6.45) is 0. The van der Waals surface area contributed by atoms with Crippen LogP contribution >= 0.6 is 11.9 Å². The van der Waals surface area contributed by atoms with Gasteiger partial charge in [-0.25, -0.2) is 0 Å². The lowest BCUT2D eigenvalue weighted by atomic mass is 9.95. The van der Waals surface area contributed by atoms with Crippen LogP contribution in [0.3, 0.4) is 0 Å². The summed E-state index contributed by atoms with van der Waals surface area (Å²) in [5.74, 6) is -0.196. The second-order valence-corrected chi connectivity index (χ2v) is 7.80. The molecule has 0 spiro atoms. The summed E-state index contributed by atoms with van der Waals surface area (Å²) < 4.78 is 3.22. The molecule has 7 heteroatoms. The van der Waals surface area contributed by atoms with E-state index in [9.17, 15) is 9.59 Å². The summed E-state index contributed by atoms with van der Waals surface area (Å²) in [5.41, 5.74) is 8.12. The number of amides is 2. The average Bonchev–Trinajstić information content (AvgIpc) is 2.55. The summed E-state index contributed by atoms with van der Waals surface area (Å²) in [6.45, 7) is 7.02. The molecule has 2 rings (SSSR count). The molecule has 0 fully saturated rings. The van der Waals surface area contributed by atoms with Gasteiger partial charge in [-0.3, -0.25) is 9.59 Å². The van der Waals surface area contributed by atoms with Crippen LogP contribution in [0.1, 0.15) is 27.7 Å². The number of hydrogen-bond donors (Lipinski definition) is 4. The average molecular weight is 372 g/mol. The maximum Gasteiger partial charge on any atom is 0.229 e. The zero-order valence-electron chi connectivity index (χ0n) is 15.3. The van der Waals surface area contributed by atoms with Crippen molar-refractivity contribution in [2.45, 2.75) is 32.6 Å². The van der Waals surface area contributed by atoms with Crippen LogP contribution in [0.2, 0.25) is 0 Å². The number of nitrogens with two attached hydrogens (primary N) is 1. The Balaban J connectivity index is 2.02. The number of hydrogen-bond acceptors (Lipinski definition) is 5. The number of carbonyl (C=O) groups excluding carboxylic acids is 2. The topological polar surface area (TPSA) is 96.2 Å². The Bertz CT molecular complexity index is 798. The van der Waals surface area contributed by atoms with Crippen LogP contribution in [-0.2, 0) is 9.59 Å². The lowest BCUT2D eigenvalue weighted by Gasteiger charge is -2.19. The fourth-order valence-corrected chi connectivity index (χ4v) is 2.60. The van der Waals surface area contributed by atoms with Crippen molar-refractivity contribution in [3.63, 3.8) is 0 Å². The SMILES string of the molecule is CC(=O)Nc1ccc(SNc2ccc(N)c(NC(=O)C(C)(C)C)c2)cc1. The van der Waals surface area contributed by atoms with Crippen LogP contribution in [-0.4, -0.2) is 11.8 Å². The van der Waals surface area contributed by atoms with Crippen molar-refractivity contribution < 1.29 is 9.59 Å². The van der Waals surface area contributed by atoms with Crippen molar-refractivity contribution in [2.24, 2.45) is 5.41 Å². The third kappa shape index (κ3) is 5.70. The van der Waals surface area contributed by atoms with Crippen molar-refractivity contribution in [1.82, 2.24) is 0 Å². The predicted molar refractivity (Wildman–Crippen MR) is 109 cm³/mol. The number of anilines is 4. The highest BCUT2D eigenvalue weighted by Gasteiger charge is 2.21. The summed E-state index contributed by atoms with van der Waals surface area (Å²) in [5, 5.41) is 5.59. The molecule has 0 heterocycles. The van der Waals surface area contributed by atoms with Gasteiger partial charge in [-0.1, -0.05) is 20.8 Å². The molecule has 0 unspecified atom stereocenters. The Morgan fingerprint density at radius 3 is 2.15 bits per heavy atom. The zero-order valence-corrected chi connectivity index (χ0v) is 16.2. The predicted octanol–water partition coefficient (Wildman–Crippen LogP) is 4.33. The van der Waals surface area contributed by atoms with E-state index in [0.29, 0.717) is 11.4 Å².